The first-order chi connectivity index (χ1) is 6.72. The van der Waals surface area contributed by atoms with Gasteiger partial charge in [-0.25, -0.2) is 0 Å². The van der Waals surface area contributed by atoms with Gasteiger partial charge in [0.25, 0.3) is 0 Å². The van der Waals surface area contributed by atoms with Gasteiger partial charge in [0.1, 0.15) is 0 Å². The second kappa shape index (κ2) is 5.97. The number of rotatable bonds is 5. The van der Waals surface area contributed by atoms with E-state index in [1.165, 1.54) is 35.5 Å². The molecule has 0 atom stereocenters. The molecular formula is C12H19NS. The molecule has 0 spiro atoms. The fourth-order valence-corrected chi connectivity index (χ4v) is 2.47. The molecule has 2 heteroatoms. The lowest BCUT2D eigenvalue weighted by atomic mass is 10.2. The van der Waals surface area contributed by atoms with Crippen molar-refractivity contribution in [2.45, 2.75) is 38.0 Å². The predicted molar refractivity (Wildman–Crippen MR) is 65.8 cm³/mol. The summed E-state index contributed by atoms with van der Waals surface area (Å²) in [5, 5.41) is 0. The molecule has 1 aromatic carbocycles. The maximum absolute atomic E-state index is 5.78. The van der Waals surface area contributed by atoms with Crippen LogP contribution in [-0.2, 0) is 0 Å². The van der Waals surface area contributed by atoms with Crippen LogP contribution in [0.5, 0.6) is 0 Å². The molecule has 0 radical (unpaired) electrons. The van der Waals surface area contributed by atoms with Crippen LogP contribution in [0.25, 0.3) is 0 Å². The molecule has 0 saturated carbocycles. The van der Waals surface area contributed by atoms with Gasteiger partial charge in [0.05, 0.1) is 0 Å². The lowest BCUT2D eigenvalue weighted by molar-refractivity contribution is 0.778. The number of nitrogens with two attached hydrogens (primary N) is 1. The number of anilines is 1. The highest BCUT2D eigenvalue weighted by molar-refractivity contribution is 7.99. The first-order valence-electron chi connectivity index (χ1n) is 5.22. The average molecular weight is 209 g/mol. The van der Waals surface area contributed by atoms with Crippen LogP contribution < -0.4 is 5.73 Å². The number of unbranched alkanes of at least 4 members (excludes halogenated alkanes) is 2. The largest absolute Gasteiger partial charge is 0.399 e. The van der Waals surface area contributed by atoms with Crippen molar-refractivity contribution >= 4 is 17.4 Å². The Balaban J connectivity index is 2.42. The minimum absolute atomic E-state index is 0.878. The highest BCUT2D eigenvalue weighted by Crippen LogP contribution is 2.23. The zero-order chi connectivity index (χ0) is 10.4. The summed E-state index contributed by atoms with van der Waals surface area (Å²) in [6, 6.07) is 6.27. The van der Waals surface area contributed by atoms with Crippen molar-refractivity contribution in [3.8, 4) is 0 Å². The SMILES string of the molecule is CCCCCSc1cc(C)cc(N)c1. The Morgan fingerprint density at radius 3 is 2.64 bits per heavy atom. The first-order valence-corrected chi connectivity index (χ1v) is 6.21. The summed E-state index contributed by atoms with van der Waals surface area (Å²) in [7, 11) is 0. The molecule has 1 rings (SSSR count). The lowest BCUT2D eigenvalue weighted by Gasteiger charge is -2.04. The minimum Gasteiger partial charge on any atom is -0.399 e. The fraction of sp³-hybridized carbons (Fsp3) is 0.500. The van der Waals surface area contributed by atoms with Gasteiger partial charge in [0.2, 0.25) is 0 Å². The molecule has 78 valence electrons. The Kier molecular flexibility index (Phi) is 4.88. The molecule has 1 aromatic rings. The zero-order valence-electron chi connectivity index (χ0n) is 9.05. The summed E-state index contributed by atoms with van der Waals surface area (Å²) in [4.78, 5) is 1.30. The van der Waals surface area contributed by atoms with Crippen LogP contribution in [0.4, 0.5) is 5.69 Å². The maximum atomic E-state index is 5.78. The fourth-order valence-electron chi connectivity index (χ4n) is 1.40. The van der Waals surface area contributed by atoms with Crippen LogP contribution in [0.2, 0.25) is 0 Å². The Hall–Kier alpha value is -0.630. The van der Waals surface area contributed by atoms with Crippen LogP contribution in [-0.4, -0.2) is 5.75 Å². The molecule has 2 N–H and O–H groups in total. The predicted octanol–water partition coefficient (Wildman–Crippen LogP) is 3.86. The van der Waals surface area contributed by atoms with Crippen molar-refractivity contribution in [2.24, 2.45) is 0 Å². The Morgan fingerprint density at radius 2 is 2.00 bits per heavy atom. The molecule has 0 aliphatic heterocycles. The van der Waals surface area contributed by atoms with Gasteiger partial charge in [-0.3, -0.25) is 0 Å². The monoisotopic (exact) mass is 209 g/mol. The van der Waals surface area contributed by atoms with E-state index in [1.807, 2.05) is 17.8 Å². The highest BCUT2D eigenvalue weighted by atomic mass is 32.2. The molecule has 0 aliphatic carbocycles. The van der Waals surface area contributed by atoms with E-state index in [-0.39, 0.29) is 0 Å². The molecule has 0 amide bonds. The Morgan fingerprint density at radius 1 is 1.21 bits per heavy atom. The third-order valence-corrected chi connectivity index (χ3v) is 3.15. The van der Waals surface area contributed by atoms with Crippen molar-refractivity contribution in [2.75, 3.05) is 11.5 Å². The van der Waals surface area contributed by atoms with Gasteiger partial charge in [-0.05, 0) is 42.9 Å². The van der Waals surface area contributed by atoms with Gasteiger partial charge in [-0.2, -0.15) is 0 Å². The molecule has 0 saturated heterocycles. The minimum atomic E-state index is 0.878. The van der Waals surface area contributed by atoms with E-state index in [1.54, 1.807) is 0 Å². The van der Waals surface area contributed by atoms with Crippen molar-refractivity contribution in [3.05, 3.63) is 23.8 Å². The van der Waals surface area contributed by atoms with Gasteiger partial charge >= 0.3 is 0 Å². The summed E-state index contributed by atoms with van der Waals surface area (Å²) in [5.41, 5.74) is 7.91. The molecule has 0 bridgehead atoms. The third kappa shape index (κ3) is 4.05. The average Bonchev–Trinajstić information content (AvgIpc) is 2.11. The summed E-state index contributed by atoms with van der Waals surface area (Å²) < 4.78 is 0. The number of benzene rings is 1. The van der Waals surface area contributed by atoms with Gasteiger partial charge in [-0.1, -0.05) is 19.8 Å². The summed E-state index contributed by atoms with van der Waals surface area (Å²) in [5.74, 6) is 1.21. The standard InChI is InChI=1S/C12H19NS/c1-3-4-5-6-14-12-8-10(2)7-11(13)9-12/h7-9H,3-6,13H2,1-2H3. The highest BCUT2D eigenvalue weighted by Gasteiger charge is 1.96. The van der Waals surface area contributed by atoms with E-state index in [2.05, 4.69) is 26.0 Å². The topological polar surface area (TPSA) is 26.0 Å². The second-order valence-electron chi connectivity index (χ2n) is 3.63. The van der Waals surface area contributed by atoms with Crippen molar-refractivity contribution < 1.29 is 0 Å². The molecule has 0 heterocycles. The number of hydrogen-bond acceptors (Lipinski definition) is 2. The van der Waals surface area contributed by atoms with Crippen LogP contribution >= 0.6 is 11.8 Å². The second-order valence-corrected chi connectivity index (χ2v) is 4.80. The lowest BCUT2D eigenvalue weighted by Crippen LogP contribution is -1.87. The van der Waals surface area contributed by atoms with Gasteiger partial charge in [-0.15, -0.1) is 11.8 Å². The molecule has 0 aromatic heterocycles. The summed E-state index contributed by atoms with van der Waals surface area (Å²) in [6.45, 7) is 4.32. The van der Waals surface area contributed by atoms with Crippen LogP contribution in [0.3, 0.4) is 0 Å². The van der Waals surface area contributed by atoms with Gasteiger partial charge < -0.3 is 5.73 Å². The van der Waals surface area contributed by atoms with Gasteiger partial charge in [0, 0.05) is 10.6 Å². The van der Waals surface area contributed by atoms with E-state index in [0.29, 0.717) is 0 Å². The molecule has 0 unspecified atom stereocenters. The number of aryl methyl sites for hydroxylation is 1. The smallest absolute Gasteiger partial charge is 0.0327 e. The van der Waals surface area contributed by atoms with Gasteiger partial charge in [0.15, 0.2) is 0 Å². The quantitative estimate of drug-likeness (QED) is 0.453. The van der Waals surface area contributed by atoms with E-state index < -0.39 is 0 Å². The first kappa shape index (κ1) is 11.4. The summed E-state index contributed by atoms with van der Waals surface area (Å²) >= 11 is 1.91. The molecular weight excluding hydrogens is 190 g/mol. The summed E-state index contributed by atoms with van der Waals surface area (Å²) in [6.07, 6.45) is 3.92. The number of hydrogen-bond donors (Lipinski definition) is 1. The van der Waals surface area contributed by atoms with Crippen molar-refractivity contribution in [1.82, 2.24) is 0 Å². The molecule has 1 nitrogen and oxygen atoms in total. The van der Waals surface area contributed by atoms with E-state index in [0.717, 1.165) is 5.69 Å². The van der Waals surface area contributed by atoms with Crippen LogP contribution in [0, 0.1) is 6.92 Å². The molecule has 0 fully saturated rings. The number of thioether (sulfide) groups is 1. The van der Waals surface area contributed by atoms with E-state index >= 15 is 0 Å². The van der Waals surface area contributed by atoms with Crippen molar-refractivity contribution in [1.29, 1.82) is 0 Å². The molecule has 0 aliphatic rings. The number of nitrogen functional groups attached to an aromatic ring is 1. The van der Waals surface area contributed by atoms with E-state index in [9.17, 15) is 0 Å². The molecule has 14 heavy (non-hydrogen) atoms. The normalized spacial score (nSPS) is 10.4. The van der Waals surface area contributed by atoms with Crippen LogP contribution in [0.1, 0.15) is 31.7 Å². The van der Waals surface area contributed by atoms with Crippen LogP contribution in [0.15, 0.2) is 23.1 Å². The Labute approximate surface area is 91.1 Å². The third-order valence-electron chi connectivity index (χ3n) is 2.09. The Bertz CT molecular complexity index is 263. The van der Waals surface area contributed by atoms with E-state index in [4.69, 9.17) is 5.73 Å². The van der Waals surface area contributed by atoms with Crippen molar-refractivity contribution in [3.63, 3.8) is 0 Å². The zero-order valence-corrected chi connectivity index (χ0v) is 9.86. The maximum Gasteiger partial charge on any atom is 0.0327 e.